The molecular formula is C13H26N2. The molecule has 2 rings (SSSR count). The smallest absolute Gasteiger partial charge is 0.0238 e. The van der Waals surface area contributed by atoms with Gasteiger partial charge in [0.1, 0.15) is 0 Å². The van der Waals surface area contributed by atoms with Gasteiger partial charge in [-0.2, -0.15) is 0 Å². The Morgan fingerprint density at radius 2 is 2.00 bits per heavy atom. The van der Waals surface area contributed by atoms with Crippen molar-refractivity contribution in [2.24, 2.45) is 5.92 Å². The molecule has 0 aromatic rings. The fraction of sp³-hybridized carbons (Fsp3) is 1.00. The van der Waals surface area contributed by atoms with E-state index in [1.807, 2.05) is 0 Å². The van der Waals surface area contributed by atoms with Crippen molar-refractivity contribution in [3.05, 3.63) is 0 Å². The van der Waals surface area contributed by atoms with Crippen molar-refractivity contribution in [1.82, 2.24) is 10.2 Å². The molecule has 15 heavy (non-hydrogen) atoms. The van der Waals surface area contributed by atoms with Gasteiger partial charge in [0.2, 0.25) is 0 Å². The zero-order valence-electron chi connectivity index (χ0n) is 10.6. The Hall–Kier alpha value is -0.0800. The third kappa shape index (κ3) is 2.94. The molecule has 0 aromatic heterocycles. The van der Waals surface area contributed by atoms with E-state index >= 15 is 0 Å². The van der Waals surface area contributed by atoms with Crippen LogP contribution in [0.2, 0.25) is 0 Å². The summed E-state index contributed by atoms with van der Waals surface area (Å²) in [7, 11) is 0. The van der Waals surface area contributed by atoms with Crippen molar-refractivity contribution < 1.29 is 0 Å². The lowest BCUT2D eigenvalue weighted by atomic mass is 10.0. The molecule has 2 heteroatoms. The van der Waals surface area contributed by atoms with E-state index in [9.17, 15) is 0 Å². The quantitative estimate of drug-likeness (QED) is 0.714. The summed E-state index contributed by atoms with van der Waals surface area (Å²) < 4.78 is 0. The van der Waals surface area contributed by atoms with Crippen molar-refractivity contribution in [3.8, 4) is 0 Å². The molecule has 0 aromatic carbocycles. The lowest BCUT2D eigenvalue weighted by Crippen LogP contribution is -2.37. The van der Waals surface area contributed by atoms with Gasteiger partial charge in [0.25, 0.3) is 0 Å². The van der Waals surface area contributed by atoms with Gasteiger partial charge in [0.15, 0.2) is 0 Å². The average Bonchev–Trinajstić information content (AvgIpc) is 2.39. The zero-order valence-corrected chi connectivity index (χ0v) is 10.6. The second-order valence-electron chi connectivity index (χ2n) is 6.19. The standard InChI is InChI=1S/C13H26N2/c1-11-5-4-7-15(8-6-11)12-9-13(2,3)14-10-12/h11-12,14H,4-10H2,1-3H3. The molecule has 88 valence electrons. The number of hydrogen-bond acceptors (Lipinski definition) is 2. The summed E-state index contributed by atoms with van der Waals surface area (Å²) >= 11 is 0. The van der Waals surface area contributed by atoms with Crippen LogP contribution in [0.15, 0.2) is 0 Å². The first-order chi connectivity index (χ1) is 7.07. The molecule has 2 fully saturated rings. The van der Waals surface area contributed by atoms with E-state index in [0.29, 0.717) is 5.54 Å². The molecule has 0 radical (unpaired) electrons. The molecule has 0 saturated carbocycles. The maximum Gasteiger partial charge on any atom is 0.0238 e. The Morgan fingerprint density at radius 3 is 2.67 bits per heavy atom. The van der Waals surface area contributed by atoms with Gasteiger partial charge in [-0.1, -0.05) is 6.92 Å². The van der Waals surface area contributed by atoms with E-state index < -0.39 is 0 Å². The molecule has 2 atom stereocenters. The predicted octanol–water partition coefficient (Wildman–Crippen LogP) is 2.25. The Labute approximate surface area is 94.4 Å². The zero-order chi connectivity index (χ0) is 10.9. The lowest BCUT2D eigenvalue weighted by Gasteiger charge is -2.27. The van der Waals surface area contributed by atoms with Crippen LogP contribution >= 0.6 is 0 Å². The molecule has 1 N–H and O–H groups in total. The fourth-order valence-corrected chi connectivity index (χ4v) is 3.04. The van der Waals surface area contributed by atoms with Gasteiger partial charge < -0.3 is 5.32 Å². The van der Waals surface area contributed by atoms with Gasteiger partial charge in [-0.3, -0.25) is 4.90 Å². The minimum atomic E-state index is 0.364. The van der Waals surface area contributed by atoms with Crippen LogP contribution in [0.4, 0.5) is 0 Å². The van der Waals surface area contributed by atoms with Crippen LogP contribution in [0.5, 0.6) is 0 Å². The molecule has 0 aliphatic carbocycles. The fourth-order valence-electron chi connectivity index (χ4n) is 3.04. The van der Waals surface area contributed by atoms with Gasteiger partial charge >= 0.3 is 0 Å². The van der Waals surface area contributed by atoms with Crippen LogP contribution in [0.3, 0.4) is 0 Å². The molecule has 0 amide bonds. The SMILES string of the molecule is CC1CCCN(C2CNC(C)(C)C2)CC1. The van der Waals surface area contributed by atoms with E-state index in [2.05, 4.69) is 31.0 Å². The van der Waals surface area contributed by atoms with Gasteiger partial charge in [0.05, 0.1) is 0 Å². The Kier molecular flexibility index (Phi) is 3.36. The maximum absolute atomic E-state index is 3.63. The summed E-state index contributed by atoms with van der Waals surface area (Å²) in [5.74, 6) is 0.942. The van der Waals surface area contributed by atoms with Gasteiger partial charge in [-0.25, -0.2) is 0 Å². The molecule has 2 heterocycles. The summed E-state index contributed by atoms with van der Waals surface area (Å²) in [5.41, 5.74) is 0.364. The predicted molar refractivity (Wildman–Crippen MR) is 65.1 cm³/mol. The number of rotatable bonds is 1. The average molecular weight is 210 g/mol. The summed E-state index contributed by atoms with van der Waals surface area (Å²) in [6.45, 7) is 10.9. The Balaban J connectivity index is 1.88. The van der Waals surface area contributed by atoms with Crippen LogP contribution in [0.25, 0.3) is 0 Å². The van der Waals surface area contributed by atoms with Crippen molar-refractivity contribution >= 4 is 0 Å². The molecule has 2 aliphatic heterocycles. The highest BCUT2D eigenvalue weighted by Gasteiger charge is 2.34. The van der Waals surface area contributed by atoms with E-state index in [1.54, 1.807) is 0 Å². The molecule has 0 spiro atoms. The molecule has 0 bridgehead atoms. The first kappa shape index (κ1) is 11.4. The Bertz CT molecular complexity index is 213. The van der Waals surface area contributed by atoms with Crippen LogP contribution in [0.1, 0.15) is 46.5 Å². The summed E-state index contributed by atoms with van der Waals surface area (Å²) in [5, 5.41) is 3.63. The van der Waals surface area contributed by atoms with Crippen LogP contribution < -0.4 is 5.32 Å². The van der Waals surface area contributed by atoms with Crippen molar-refractivity contribution in [1.29, 1.82) is 0 Å². The van der Waals surface area contributed by atoms with Gasteiger partial charge in [-0.15, -0.1) is 0 Å². The van der Waals surface area contributed by atoms with E-state index in [-0.39, 0.29) is 0 Å². The Morgan fingerprint density at radius 1 is 1.20 bits per heavy atom. The molecular weight excluding hydrogens is 184 g/mol. The number of nitrogens with zero attached hydrogens (tertiary/aromatic N) is 1. The number of likely N-dealkylation sites (tertiary alicyclic amines) is 1. The van der Waals surface area contributed by atoms with E-state index in [0.717, 1.165) is 12.0 Å². The van der Waals surface area contributed by atoms with Crippen molar-refractivity contribution in [2.45, 2.75) is 58.0 Å². The van der Waals surface area contributed by atoms with Gasteiger partial charge in [0, 0.05) is 18.1 Å². The normalized spacial score (nSPS) is 37.8. The highest BCUT2D eigenvalue weighted by molar-refractivity contribution is 4.94. The van der Waals surface area contributed by atoms with E-state index in [1.165, 1.54) is 45.3 Å². The number of hydrogen-bond donors (Lipinski definition) is 1. The second-order valence-corrected chi connectivity index (χ2v) is 6.19. The second kappa shape index (κ2) is 4.42. The monoisotopic (exact) mass is 210 g/mol. The highest BCUT2D eigenvalue weighted by atomic mass is 15.2. The largest absolute Gasteiger partial charge is 0.310 e. The first-order valence-electron chi connectivity index (χ1n) is 6.56. The molecule has 2 aliphatic rings. The summed E-state index contributed by atoms with van der Waals surface area (Å²) in [4.78, 5) is 2.73. The summed E-state index contributed by atoms with van der Waals surface area (Å²) in [6, 6.07) is 0.797. The third-order valence-electron chi connectivity index (χ3n) is 4.13. The maximum atomic E-state index is 3.63. The first-order valence-corrected chi connectivity index (χ1v) is 6.56. The molecule has 2 saturated heterocycles. The van der Waals surface area contributed by atoms with Gasteiger partial charge in [-0.05, 0) is 58.5 Å². The minimum Gasteiger partial charge on any atom is -0.310 e. The lowest BCUT2D eigenvalue weighted by molar-refractivity contribution is 0.208. The van der Waals surface area contributed by atoms with Crippen LogP contribution in [0, 0.1) is 5.92 Å². The third-order valence-corrected chi connectivity index (χ3v) is 4.13. The molecule has 2 nitrogen and oxygen atoms in total. The topological polar surface area (TPSA) is 15.3 Å². The van der Waals surface area contributed by atoms with Crippen molar-refractivity contribution in [3.63, 3.8) is 0 Å². The molecule has 2 unspecified atom stereocenters. The summed E-state index contributed by atoms with van der Waals surface area (Å²) in [6.07, 6.45) is 5.55. The minimum absolute atomic E-state index is 0.364. The van der Waals surface area contributed by atoms with Crippen LogP contribution in [-0.4, -0.2) is 36.1 Å². The van der Waals surface area contributed by atoms with E-state index in [4.69, 9.17) is 0 Å². The number of nitrogens with one attached hydrogen (secondary N) is 1. The van der Waals surface area contributed by atoms with Crippen molar-refractivity contribution in [2.75, 3.05) is 19.6 Å². The van der Waals surface area contributed by atoms with Crippen LogP contribution in [-0.2, 0) is 0 Å². The highest BCUT2D eigenvalue weighted by Crippen LogP contribution is 2.25.